The zero-order chi connectivity index (χ0) is 46.4. The highest BCUT2D eigenvalue weighted by Gasteiger charge is 2.59. The summed E-state index contributed by atoms with van der Waals surface area (Å²) in [5.74, 6) is 0.646. The molecule has 2 aromatic heterocycles. The maximum atomic E-state index is 5.65. The zero-order valence-electron chi connectivity index (χ0n) is 38.5. The van der Waals surface area contributed by atoms with Crippen molar-refractivity contribution in [2.24, 2.45) is 0 Å². The largest absolute Gasteiger partial charge is 0.278 e. The first-order chi connectivity index (χ1) is 35.2. The smallest absolute Gasteiger partial charge is 0.235 e. The van der Waals surface area contributed by atoms with E-state index in [1.165, 1.54) is 99.4 Å². The normalized spacial score (nSPS) is 14.1. The number of rotatable bonds is 3. The Kier molecular flexibility index (Phi) is 7.75. The van der Waals surface area contributed by atoms with E-state index in [2.05, 4.69) is 253 Å². The van der Waals surface area contributed by atoms with Gasteiger partial charge >= 0.3 is 0 Å². The van der Waals surface area contributed by atoms with Gasteiger partial charge in [0, 0.05) is 21.7 Å². The van der Waals surface area contributed by atoms with E-state index in [1.54, 1.807) is 0 Å². The quantitative estimate of drug-likeness (QED) is 0.177. The minimum Gasteiger partial charge on any atom is -0.278 e. The summed E-state index contributed by atoms with van der Waals surface area (Å²) in [5.41, 5.74) is 21.9. The fourth-order valence-electron chi connectivity index (χ4n) is 13.6. The third kappa shape index (κ3) is 4.92. The first kappa shape index (κ1) is 38.8. The first-order valence-electron chi connectivity index (χ1n) is 24.7. The van der Waals surface area contributed by atoms with Crippen LogP contribution in [0.25, 0.3) is 94.1 Å². The summed E-state index contributed by atoms with van der Waals surface area (Å²) in [6.45, 7) is 0. The average molecular weight is 900 g/mol. The van der Waals surface area contributed by atoms with Gasteiger partial charge in [-0.3, -0.25) is 4.57 Å². The van der Waals surface area contributed by atoms with Crippen molar-refractivity contribution in [2.45, 2.75) is 10.8 Å². The molecular formula is C68H41N3. The Morgan fingerprint density at radius 3 is 1.41 bits per heavy atom. The van der Waals surface area contributed by atoms with Crippen LogP contribution in [0, 0.1) is 0 Å². The van der Waals surface area contributed by atoms with Gasteiger partial charge in [0.25, 0.3) is 0 Å². The van der Waals surface area contributed by atoms with Crippen molar-refractivity contribution in [2.75, 3.05) is 0 Å². The van der Waals surface area contributed by atoms with Gasteiger partial charge < -0.3 is 0 Å². The minimum atomic E-state index is -0.649. The van der Waals surface area contributed by atoms with E-state index in [9.17, 15) is 0 Å². The van der Waals surface area contributed by atoms with Gasteiger partial charge in [-0.15, -0.1) is 0 Å². The lowest BCUT2D eigenvalue weighted by atomic mass is 9.52. The number of fused-ring (bicyclic) bond motifs is 22. The van der Waals surface area contributed by atoms with Crippen molar-refractivity contribution in [1.29, 1.82) is 0 Å². The number of aromatic nitrogens is 3. The van der Waals surface area contributed by atoms with E-state index in [4.69, 9.17) is 9.97 Å². The molecule has 328 valence electrons. The molecule has 0 aliphatic heterocycles. The van der Waals surface area contributed by atoms with Gasteiger partial charge in [0.05, 0.1) is 33.1 Å². The van der Waals surface area contributed by atoms with Crippen LogP contribution in [0.15, 0.2) is 249 Å². The average Bonchev–Trinajstić information content (AvgIpc) is 4.05. The van der Waals surface area contributed by atoms with Crippen LogP contribution >= 0.6 is 0 Å². The summed E-state index contributed by atoms with van der Waals surface area (Å²) in [4.78, 5) is 11.1. The Morgan fingerprint density at radius 2 is 0.775 bits per heavy atom. The molecule has 3 nitrogen and oxygen atoms in total. The van der Waals surface area contributed by atoms with E-state index >= 15 is 0 Å². The van der Waals surface area contributed by atoms with Crippen molar-refractivity contribution in [3.05, 3.63) is 293 Å². The molecule has 0 unspecified atom stereocenters. The van der Waals surface area contributed by atoms with Gasteiger partial charge in [-0.05, 0) is 113 Å². The fourth-order valence-corrected chi connectivity index (χ4v) is 13.6. The highest BCUT2D eigenvalue weighted by Crippen LogP contribution is 2.67. The summed E-state index contributed by atoms with van der Waals surface area (Å²) in [6.07, 6.45) is 0. The van der Waals surface area contributed by atoms with Crippen LogP contribution in [0.5, 0.6) is 0 Å². The van der Waals surface area contributed by atoms with E-state index in [-0.39, 0.29) is 0 Å². The molecule has 3 aliphatic rings. The lowest BCUT2D eigenvalue weighted by Gasteiger charge is -2.48. The van der Waals surface area contributed by atoms with E-state index < -0.39 is 10.8 Å². The third-order valence-electron chi connectivity index (χ3n) is 16.3. The highest BCUT2D eigenvalue weighted by atomic mass is 15.2. The van der Waals surface area contributed by atoms with Crippen LogP contribution in [0.3, 0.4) is 0 Å². The van der Waals surface area contributed by atoms with Crippen LogP contribution in [-0.4, -0.2) is 14.5 Å². The number of nitrogens with zero attached hydrogens (tertiary/aromatic N) is 3. The number of para-hydroxylation sites is 1. The molecule has 0 bridgehead atoms. The van der Waals surface area contributed by atoms with Gasteiger partial charge in [0.2, 0.25) is 5.95 Å². The summed E-state index contributed by atoms with van der Waals surface area (Å²) < 4.78 is 2.36. The molecule has 2 heterocycles. The second kappa shape index (κ2) is 14.2. The molecule has 0 saturated heterocycles. The first-order valence-corrected chi connectivity index (χ1v) is 24.7. The summed E-state index contributed by atoms with van der Waals surface area (Å²) in [5, 5.41) is 5.81. The highest BCUT2D eigenvalue weighted by molar-refractivity contribution is 6.22. The second-order valence-electron chi connectivity index (χ2n) is 19.5. The van der Waals surface area contributed by atoms with E-state index in [1.807, 2.05) is 0 Å². The van der Waals surface area contributed by atoms with Gasteiger partial charge in [0.15, 0.2) is 0 Å². The summed E-state index contributed by atoms with van der Waals surface area (Å²) >= 11 is 0. The molecule has 11 aromatic carbocycles. The predicted octanol–water partition coefficient (Wildman–Crippen LogP) is 16.3. The van der Waals surface area contributed by atoms with Crippen LogP contribution in [0.2, 0.25) is 0 Å². The van der Waals surface area contributed by atoms with Crippen LogP contribution in [0.1, 0.15) is 44.5 Å². The molecule has 0 fully saturated rings. The molecule has 0 amide bonds. The molecule has 0 N–H and O–H groups in total. The van der Waals surface area contributed by atoms with Crippen molar-refractivity contribution in [3.63, 3.8) is 0 Å². The van der Waals surface area contributed by atoms with Gasteiger partial charge in [-0.25, -0.2) is 9.97 Å². The summed E-state index contributed by atoms with van der Waals surface area (Å²) in [7, 11) is 0. The lowest BCUT2D eigenvalue weighted by molar-refractivity contribution is 0.633. The Labute approximate surface area is 410 Å². The standard InChI is InChI=1S/C68H41N3/c1-2-18-42(19-3-1)43-34-36-45(37-35-43)65-50-25-9-17-33-61(50)69-66(70-65)71-62-39-38-44-20-4-5-21-46(44)64(62)52-40-51-49-24-8-12-28-55(49)68(60(51)41-63(52)71)58-31-15-13-29-56(58)67(57-30-14-16-32-59(57)68)53-26-10-6-22-47(53)48-23-7-11-27-54(48)67/h1-41H. The molecule has 71 heavy (non-hydrogen) atoms. The van der Waals surface area contributed by atoms with Crippen molar-refractivity contribution >= 4 is 43.5 Å². The SMILES string of the molecule is c1ccc(-c2ccc(-c3nc(-n4c5cc6c(cc5c5c7ccccc7ccc54)-c4ccccc4C64c5ccccc5C5(c6ccccc6-c6ccccc65)c5ccccc54)nc4ccccc34)cc2)cc1. The Bertz CT molecular complexity index is 4310. The van der Waals surface area contributed by atoms with Crippen molar-refractivity contribution < 1.29 is 0 Å². The van der Waals surface area contributed by atoms with Gasteiger partial charge in [-0.1, -0.05) is 224 Å². The molecule has 3 aliphatic carbocycles. The predicted molar refractivity (Wildman–Crippen MR) is 290 cm³/mol. The van der Waals surface area contributed by atoms with E-state index in [0.717, 1.165) is 33.2 Å². The topological polar surface area (TPSA) is 30.7 Å². The van der Waals surface area contributed by atoms with Crippen LogP contribution in [-0.2, 0) is 10.8 Å². The maximum absolute atomic E-state index is 5.65. The van der Waals surface area contributed by atoms with Crippen molar-refractivity contribution in [1.82, 2.24) is 14.5 Å². The number of hydrogen-bond donors (Lipinski definition) is 0. The van der Waals surface area contributed by atoms with Gasteiger partial charge in [-0.2, -0.15) is 0 Å². The molecule has 16 rings (SSSR count). The van der Waals surface area contributed by atoms with Crippen molar-refractivity contribution in [3.8, 4) is 50.6 Å². The fraction of sp³-hybridized carbons (Fsp3) is 0.0294. The number of hydrogen-bond acceptors (Lipinski definition) is 2. The maximum Gasteiger partial charge on any atom is 0.235 e. The Balaban J connectivity index is 1.02. The molecule has 0 radical (unpaired) electrons. The molecule has 2 spiro atoms. The monoisotopic (exact) mass is 899 g/mol. The van der Waals surface area contributed by atoms with Crippen LogP contribution in [0.4, 0.5) is 0 Å². The minimum absolute atomic E-state index is 0.518. The molecule has 0 atom stereocenters. The Hall–Kier alpha value is -9.18. The second-order valence-corrected chi connectivity index (χ2v) is 19.5. The van der Waals surface area contributed by atoms with Crippen LogP contribution < -0.4 is 0 Å². The van der Waals surface area contributed by atoms with Gasteiger partial charge in [0.1, 0.15) is 0 Å². The molecule has 0 saturated carbocycles. The third-order valence-corrected chi connectivity index (χ3v) is 16.3. The van der Waals surface area contributed by atoms with E-state index in [0.29, 0.717) is 5.95 Å². The zero-order valence-corrected chi connectivity index (χ0v) is 38.5. The summed E-state index contributed by atoms with van der Waals surface area (Å²) in [6, 6.07) is 92.4. The molecular weight excluding hydrogens is 859 g/mol. The molecule has 3 heteroatoms. The lowest BCUT2D eigenvalue weighted by Crippen LogP contribution is -2.43. The molecule has 13 aromatic rings. The Morgan fingerprint density at radius 1 is 0.296 bits per heavy atom. The number of benzene rings is 11.